The number of nitrogens with zero attached hydrogens (tertiary/aromatic N) is 3. The van der Waals surface area contributed by atoms with Crippen molar-refractivity contribution in [3.63, 3.8) is 0 Å². The molecule has 5 nitrogen and oxygen atoms in total. The van der Waals surface area contributed by atoms with E-state index in [0.717, 1.165) is 30.9 Å². The third kappa shape index (κ3) is 1.85. The largest absolute Gasteiger partial charge is 0.382 e. The van der Waals surface area contributed by atoms with Gasteiger partial charge in [0.05, 0.1) is 0 Å². The summed E-state index contributed by atoms with van der Waals surface area (Å²) in [5.41, 5.74) is 5.97. The number of amidine groups is 1. The molecule has 2 unspecified atom stereocenters. The summed E-state index contributed by atoms with van der Waals surface area (Å²) in [6, 6.07) is 1.68. The predicted octanol–water partition coefficient (Wildman–Crippen LogP) is 0.997. The second kappa shape index (κ2) is 3.98. The SMILES string of the molecule is N=C(N)c1ccnc(N2CC3CCCC3C2)n1. The summed E-state index contributed by atoms with van der Waals surface area (Å²) in [6.07, 6.45) is 5.74. The maximum Gasteiger partial charge on any atom is 0.225 e. The maximum atomic E-state index is 7.40. The molecule has 0 aromatic carbocycles. The Balaban J connectivity index is 1.81. The average Bonchev–Trinajstić information content (AvgIpc) is 2.89. The van der Waals surface area contributed by atoms with E-state index in [1.807, 2.05) is 0 Å². The van der Waals surface area contributed by atoms with Crippen molar-refractivity contribution in [1.82, 2.24) is 9.97 Å². The molecule has 2 aliphatic rings. The summed E-state index contributed by atoms with van der Waals surface area (Å²) in [5.74, 6) is 2.37. The number of fused-ring (bicyclic) bond motifs is 1. The summed E-state index contributed by atoms with van der Waals surface area (Å²) in [6.45, 7) is 2.12. The lowest BCUT2D eigenvalue weighted by Gasteiger charge is -2.17. The minimum absolute atomic E-state index is 0.00745. The van der Waals surface area contributed by atoms with Gasteiger partial charge in [-0.25, -0.2) is 9.97 Å². The number of anilines is 1. The molecule has 1 aliphatic carbocycles. The molecule has 0 radical (unpaired) electrons. The van der Waals surface area contributed by atoms with Crippen LogP contribution in [0.1, 0.15) is 25.0 Å². The van der Waals surface area contributed by atoms with E-state index < -0.39 is 0 Å². The quantitative estimate of drug-likeness (QED) is 0.588. The normalized spacial score (nSPS) is 27.2. The molecular weight excluding hydrogens is 214 g/mol. The van der Waals surface area contributed by atoms with Gasteiger partial charge in [-0.3, -0.25) is 5.41 Å². The van der Waals surface area contributed by atoms with Gasteiger partial charge in [0.1, 0.15) is 11.5 Å². The minimum atomic E-state index is 0.00745. The van der Waals surface area contributed by atoms with Gasteiger partial charge in [0.25, 0.3) is 0 Å². The Morgan fingerprint density at radius 1 is 1.35 bits per heavy atom. The van der Waals surface area contributed by atoms with E-state index in [2.05, 4.69) is 14.9 Å². The first kappa shape index (κ1) is 10.5. The van der Waals surface area contributed by atoms with Crippen molar-refractivity contribution in [1.29, 1.82) is 5.41 Å². The zero-order valence-corrected chi connectivity index (χ0v) is 9.76. The molecule has 0 spiro atoms. The Hall–Kier alpha value is -1.65. The van der Waals surface area contributed by atoms with Crippen LogP contribution in [0.4, 0.5) is 5.95 Å². The summed E-state index contributed by atoms with van der Waals surface area (Å²) < 4.78 is 0. The van der Waals surface area contributed by atoms with Crippen molar-refractivity contribution in [3.8, 4) is 0 Å². The molecule has 90 valence electrons. The monoisotopic (exact) mass is 231 g/mol. The first-order valence-corrected chi connectivity index (χ1v) is 6.16. The summed E-state index contributed by atoms with van der Waals surface area (Å²) >= 11 is 0. The van der Waals surface area contributed by atoms with Gasteiger partial charge in [0.15, 0.2) is 0 Å². The van der Waals surface area contributed by atoms with Crippen LogP contribution in [-0.4, -0.2) is 28.9 Å². The van der Waals surface area contributed by atoms with Gasteiger partial charge in [0.2, 0.25) is 5.95 Å². The van der Waals surface area contributed by atoms with E-state index in [4.69, 9.17) is 11.1 Å². The van der Waals surface area contributed by atoms with Crippen molar-refractivity contribution in [2.75, 3.05) is 18.0 Å². The minimum Gasteiger partial charge on any atom is -0.382 e. The van der Waals surface area contributed by atoms with Crippen LogP contribution in [0, 0.1) is 17.2 Å². The second-order valence-corrected chi connectivity index (χ2v) is 5.01. The van der Waals surface area contributed by atoms with Crippen molar-refractivity contribution in [3.05, 3.63) is 18.0 Å². The Kier molecular flexibility index (Phi) is 2.46. The van der Waals surface area contributed by atoms with Crippen LogP contribution in [0.5, 0.6) is 0 Å². The smallest absolute Gasteiger partial charge is 0.225 e. The second-order valence-electron chi connectivity index (χ2n) is 5.01. The molecule has 1 saturated carbocycles. The first-order chi connectivity index (χ1) is 8.24. The van der Waals surface area contributed by atoms with Crippen molar-refractivity contribution in [2.45, 2.75) is 19.3 Å². The van der Waals surface area contributed by atoms with Gasteiger partial charge in [-0.2, -0.15) is 0 Å². The number of nitrogens with two attached hydrogens (primary N) is 1. The van der Waals surface area contributed by atoms with E-state index in [-0.39, 0.29) is 5.84 Å². The fourth-order valence-electron chi connectivity index (χ4n) is 3.05. The third-order valence-corrected chi connectivity index (χ3v) is 3.93. The van der Waals surface area contributed by atoms with Crippen LogP contribution in [-0.2, 0) is 0 Å². The Morgan fingerprint density at radius 2 is 2.06 bits per heavy atom. The molecule has 5 heteroatoms. The topological polar surface area (TPSA) is 78.9 Å². The molecule has 3 rings (SSSR count). The molecule has 1 aliphatic heterocycles. The summed E-state index contributed by atoms with van der Waals surface area (Å²) in [5, 5.41) is 7.40. The number of nitrogens with one attached hydrogen (secondary N) is 1. The van der Waals surface area contributed by atoms with Gasteiger partial charge < -0.3 is 10.6 Å². The fraction of sp³-hybridized carbons (Fsp3) is 0.583. The number of nitrogen functional groups attached to an aromatic ring is 1. The van der Waals surface area contributed by atoms with Crippen LogP contribution in [0.3, 0.4) is 0 Å². The van der Waals surface area contributed by atoms with Gasteiger partial charge in [-0.1, -0.05) is 6.42 Å². The van der Waals surface area contributed by atoms with E-state index in [9.17, 15) is 0 Å². The molecule has 1 aromatic heterocycles. The maximum absolute atomic E-state index is 7.40. The standard InChI is InChI=1S/C12H17N5/c13-11(14)10-4-5-15-12(16-10)17-6-8-2-1-3-9(8)7-17/h4-5,8-9H,1-3,6-7H2,(H3,13,14). The van der Waals surface area contributed by atoms with Crippen molar-refractivity contribution >= 4 is 11.8 Å². The van der Waals surface area contributed by atoms with E-state index in [1.165, 1.54) is 19.3 Å². The van der Waals surface area contributed by atoms with Crippen LogP contribution in [0.2, 0.25) is 0 Å². The van der Waals surface area contributed by atoms with E-state index in [1.54, 1.807) is 12.3 Å². The highest BCUT2D eigenvalue weighted by molar-refractivity contribution is 5.93. The zero-order chi connectivity index (χ0) is 11.8. The molecular formula is C12H17N5. The molecule has 2 fully saturated rings. The molecule has 3 N–H and O–H groups in total. The van der Waals surface area contributed by atoms with Gasteiger partial charge in [0, 0.05) is 19.3 Å². The number of hydrogen-bond donors (Lipinski definition) is 2. The lowest BCUT2D eigenvalue weighted by atomic mass is 10.0. The van der Waals surface area contributed by atoms with Gasteiger partial charge >= 0.3 is 0 Å². The van der Waals surface area contributed by atoms with Crippen LogP contribution in [0.15, 0.2) is 12.3 Å². The molecule has 0 amide bonds. The summed E-state index contributed by atoms with van der Waals surface area (Å²) in [4.78, 5) is 10.9. The highest BCUT2D eigenvalue weighted by Crippen LogP contribution is 2.38. The molecule has 1 saturated heterocycles. The van der Waals surface area contributed by atoms with Crippen molar-refractivity contribution in [2.24, 2.45) is 17.6 Å². The molecule has 2 atom stereocenters. The highest BCUT2D eigenvalue weighted by Gasteiger charge is 2.36. The highest BCUT2D eigenvalue weighted by atomic mass is 15.3. The molecule has 0 bridgehead atoms. The first-order valence-electron chi connectivity index (χ1n) is 6.16. The van der Waals surface area contributed by atoms with Crippen LogP contribution >= 0.6 is 0 Å². The average molecular weight is 231 g/mol. The zero-order valence-electron chi connectivity index (χ0n) is 9.76. The lowest BCUT2D eigenvalue weighted by Crippen LogP contribution is -2.24. The number of aromatic nitrogens is 2. The van der Waals surface area contributed by atoms with Crippen LogP contribution < -0.4 is 10.6 Å². The molecule has 1 aromatic rings. The predicted molar refractivity (Wildman–Crippen MR) is 66.1 cm³/mol. The van der Waals surface area contributed by atoms with E-state index in [0.29, 0.717) is 5.69 Å². The number of rotatable bonds is 2. The third-order valence-electron chi connectivity index (χ3n) is 3.93. The Morgan fingerprint density at radius 3 is 2.71 bits per heavy atom. The van der Waals surface area contributed by atoms with Crippen molar-refractivity contribution < 1.29 is 0 Å². The van der Waals surface area contributed by atoms with E-state index >= 15 is 0 Å². The fourth-order valence-corrected chi connectivity index (χ4v) is 3.05. The summed E-state index contributed by atoms with van der Waals surface area (Å²) in [7, 11) is 0. The Labute approximate surface area is 101 Å². The Bertz CT molecular complexity index is 432. The molecule has 17 heavy (non-hydrogen) atoms. The molecule has 2 heterocycles. The van der Waals surface area contributed by atoms with Gasteiger partial charge in [-0.15, -0.1) is 0 Å². The lowest BCUT2D eigenvalue weighted by molar-refractivity contribution is 0.494. The van der Waals surface area contributed by atoms with Crippen LogP contribution in [0.25, 0.3) is 0 Å². The number of hydrogen-bond acceptors (Lipinski definition) is 4. The van der Waals surface area contributed by atoms with Gasteiger partial charge in [-0.05, 0) is 30.7 Å².